The van der Waals surface area contributed by atoms with Crippen LogP contribution in [0.1, 0.15) is 35.1 Å². The lowest BCUT2D eigenvalue weighted by molar-refractivity contribution is 0.102. The van der Waals surface area contributed by atoms with Gasteiger partial charge in [-0.15, -0.1) is 0 Å². The first-order valence-electron chi connectivity index (χ1n) is 12.4. The number of nitrogens with one attached hydrogen (secondary N) is 1. The summed E-state index contributed by atoms with van der Waals surface area (Å²) in [4.78, 5) is 31.0. The molecule has 190 valence electrons. The number of aromatic nitrogens is 2. The molecule has 5 nitrogen and oxygen atoms in total. The van der Waals surface area contributed by atoms with Crippen molar-refractivity contribution in [1.82, 2.24) is 9.55 Å². The monoisotopic (exact) mass is 525 g/mol. The van der Waals surface area contributed by atoms with Crippen LogP contribution in [-0.4, -0.2) is 15.5 Å². The summed E-state index contributed by atoms with van der Waals surface area (Å²) in [6, 6.07) is 26.4. The molecule has 4 aromatic carbocycles. The molecule has 0 saturated carbocycles. The van der Waals surface area contributed by atoms with E-state index in [4.69, 9.17) is 16.6 Å². The fraction of sp³-hybridized carbons (Fsp3) is 0.129. The largest absolute Gasteiger partial charge is 0.322 e. The average molecular weight is 526 g/mol. The Hall–Kier alpha value is -4.29. The Kier molecular flexibility index (Phi) is 7.33. The van der Waals surface area contributed by atoms with Crippen LogP contribution in [0, 0.1) is 5.82 Å². The van der Waals surface area contributed by atoms with E-state index in [0.717, 1.165) is 23.1 Å². The number of benzene rings is 4. The van der Waals surface area contributed by atoms with Gasteiger partial charge in [-0.3, -0.25) is 14.2 Å². The molecule has 0 bridgehead atoms. The van der Waals surface area contributed by atoms with Crippen molar-refractivity contribution >= 4 is 34.1 Å². The Morgan fingerprint density at radius 2 is 1.63 bits per heavy atom. The second-order valence-electron chi connectivity index (χ2n) is 9.04. The summed E-state index contributed by atoms with van der Waals surface area (Å²) in [7, 11) is 0. The highest BCUT2D eigenvalue weighted by Crippen LogP contribution is 2.23. The molecule has 7 heteroatoms. The van der Waals surface area contributed by atoms with Crippen molar-refractivity contribution in [1.29, 1.82) is 0 Å². The third-order valence-corrected chi connectivity index (χ3v) is 6.61. The highest BCUT2D eigenvalue weighted by Gasteiger charge is 2.15. The maximum Gasteiger partial charge on any atom is 0.261 e. The smallest absolute Gasteiger partial charge is 0.261 e. The van der Waals surface area contributed by atoms with Crippen molar-refractivity contribution in [2.24, 2.45) is 0 Å². The van der Waals surface area contributed by atoms with Crippen LogP contribution < -0.4 is 10.9 Å². The van der Waals surface area contributed by atoms with Gasteiger partial charge in [0.15, 0.2) is 0 Å². The van der Waals surface area contributed by atoms with E-state index in [2.05, 4.69) is 5.32 Å². The van der Waals surface area contributed by atoms with E-state index in [1.807, 2.05) is 55.5 Å². The van der Waals surface area contributed by atoms with Gasteiger partial charge in [0.2, 0.25) is 0 Å². The summed E-state index contributed by atoms with van der Waals surface area (Å²) >= 11 is 6.01. The first kappa shape index (κ1) is 25.4. The number of rotatable bonds is 7. The van der Waals surface area contributed by atoms with Crippen LogP contribution in [0.25, 0.3) is 22.0 Å². The molecular weight excluding hydrogens is 501 g/mol. The molecule has 5 aromatic rings. The van der Waals surface area contributed by atoms with Crippen LogP contribution in [0.4, 0.5) is 10.1 Å². The Balaban J connectivity index is 1.47. The first-order chi connectivity index (χ1) is 18.4. The molecule has 1 amide bonds. The molecule has 1 heterocycles. The predicted molar refractivity (Wildman–Crippen MR) is 150 cm³/mol. The molecule has 0 unspecified atom stereocenters. The van der Waals surface area contributed by atoms with E-state index in [-0.39, 0.29) is 11.1 Å². The van der Waals surface area contributed by atoms with Gasteiger partial charge in [0.05, 0.1) is 23.0 Å². The molecule has 0 spiro atoms. The van der Waals surface area contributed by atoms with Crippen LogP contribution in [0.2, 0.25) is 5.02 Å². The van der Waals surface area contributed by atoms with Crippen molar-refractivity contribution in [3.05, 3.63) is 129 Å². The number of nitrogens with zero attached hydrogens (tertiary/aromatic N) is 2. The van der Waals surface area contributed by atoms with Crippen LogP contribution in [0.5, 0.6) is 0 Å². The van der Waals surface area contributed by atoms with E-state index >= 15 is 0 Å². The SMILES string of the molecule is CCCc1nc2ccc(NC(=O)c3ccccc3F)cc2c(=O)n1Cc1ccc(-c2ccc(Cl)cc2)cc1. The minimum Gasteiger partial charge on any atom is -0.322 e. The van der Waals surface area contributed by atoms with E-state index in [1.165, 1.54) is 18.2 Å². The molecule has 0 fully saturated rings. The fourth-order valence-electron chi connectivity index (χ4n) is 4.39. The number of halogens is 2. The minimum absolute atomic E-state index is 0.0662. The van der Waals surface area contributed by atoms with Crippen LogP contribution >= 0.6 is 11.6 Å². The molecule has 1 N–H and O–H groups in total. The zero-order chi connectivity index (χ0) is 26.6. The normalized spacial score (nSPS) is 11.0. The third-order valence-electron chi connectivity index (χ3n) is 6.36. The summed E-state index contributed by atoms with van der Waals surface area (Å²) in [5, 5.41) is 3.76. The van der Waals surface area contributed by atoms with Crippen molar-refractivity contribution in [3.8, 4) is 11.1 Å². The van der Waals surface area contributed by atoms with Crippen molar-refractivity contribution in [3.63, 3.8) is 0 Å². The van der Waals surface area contributed by atoms with Gasteiger partial charge in [-0.1, -0.05) is 67.1 Å². The number of anilines is 1. The average Bonchev–Trinajstić information content (AvgIpc) is 2.92. The number of carbonyl (C=O) groups excluding carboxylic acids is 1. The molecule has 1 aromatic heterocycles. The number of amides is 1. The Labute approximate surface area is 224 Å². The number of hydrogen-bond donors (Lipinski definition) is 1. The minimum atomic E-state index is -0.610. The molecule has 38 heavy (non-hydrogen) atoms. The molecule has 0 radical (unpaired) electrons. The number of aryl methyl sites for hydroxylation is 1. The van der Waals surface area contributed by atoms with Crippen molar-refractivity contribution in [2.45, 2.75) is 26.3 Å². The van der Waals surface area contributed by atoms with E-state index in [1.54, 1.807) is 28.8 Å². The lowest BCUT2D eigenvalue weighted by atomic mass is 10.0. The highest BCUT2D eigenvalue weighted by atomic mass is 35.5. The van der Waals surface area contributed by atoms with Gasteiger partial charge in [0.1, 0.15) is 11.6 Å². The Morgan fingerprint density at radius 1 is 0.947 bits per heavy atom. The molecule has 0 aliphatic rings. The summed E-state index contributed by atoms with van der Waals surface area (Å²) < 4.78 is 15.7. The maximum atomic E-state index is 14.0. The standard InChI is InChI=1S/C31H25ClFN3O2/c1-2-5-29-35-28-17-16-24(34-30(37)25-6-3-4-7-27(25)33)18-26(28)31(38)36(29)19-20-8-10-21(11-9-20)22-12-14-23(32)15-13-22/h3-4,6-18H,2,5,19H2,1H3,(H,34,37). The van der Waals surface area contributed by atoms with Crippen molar-refractivity contribution in [2.75, 3.05) is 5.32 Å². The van der Waals surface area contributed by atoms with Crippen LogP contribution in [0.3, 0.4) is 0 Å². The highest BCUT2D eigenvalue weighted by molar-refractivity contribution is 6.30. The van der Waals surface area contributed by atoms with Gasteiger partial charge in [-0.25, -0.2) is 9.37 Å². The van der Waals surface area contributed by atoms with Gasteiger partial charge >= 0.3 is 0 Å². The van der Waals surface area contributed by atoms with E-state index in [0.29, 0.717) is 40.4 Å². The van der Waals surface area contributed by atoms with Crippen molar-refractivity contribution < 1.29 is 9.18 Å². The first-order valence-corrected chi connectivity index (χ1v) is 12.7. The van der Waals surface area contributed by atoms with Gasteiger partial charge in [0.25, 0.3) is 11.5 Å². The third kappa shape index (κ3) is 5.36. The van der Waals surface area contributed by atoms with Gasteiger partial charge < -0.3 is 5.32 Å². The van der Waals surface area contributed by atoms with E-state index in [9.17, 15) is 14.0 Å². The second-order valence-corrected chi connectivity index (χ2v) is 9.48. The van der Waals surface area contributed by atoms with Gasteiger partial charge in [-0.2, -0.15) is 0 Å². The lowest BCUT2D eigenvalue weighted by Crippen LogP contribution is -2.26. The molecule has 0 aliphatic heterocycles. The molecule has 0 aliphatic carbocycles. The summed E-state index contributed by atoms with van der Waals surface area (Å²) in [5.74, 6) is -0.491. The van der Waals surface area contributed by atoms with Gasteiger partial charge in [0, 0.05) is 17.1 Å². The quantitative estimate of drug-likeness (QED) is 0.246. The summed E-state index contributed by atoms with van der Waals surface area (Å²) in [6.07, 6.45) is 1.49. The number of fused-ring (bicyclic) bond motifs is 1. The fourth-order valence-corrected chi connectivity index (χ4v) is 4.52. The van der Waals surface area contributed by atoms with E-state index < -0.39 is 11.7 Å². The molecule has 0 saturated heterocycles. The number of hydrogen-bond acceptors (Lipinski definition) is 3. The second kappa shape index (κ2) is 11.0. The summed E-state index contributed by atoms with van der Waals surface area (Å²) in [6.45, 7) is 2.41. The Morgan fingerprint density at radius 3 is 2.32 bits per heavy atom. The van der Waals surface area contributed by atoms with Crippen LogP contribution in [0.15, 0.2) is 95.8 Å². The topological polar surface area (TPSA) is 64.0 Å². The maximum absolute atomic E-state index is 14.0. The molecular formula is C31H25ClFN3O2. The molecule has 5 rings (SSSR count). The zero-order valence-electron chi connectivity index (χ0n) is 20.7. The predicted octanol–water partition coefficient (Wildman–Crippen LogP) is 7.11. The lowest BCUT2D eigenvalue weighted by Gasteiger charge is -2.14. The Bertz CT molecular complexity index is 1680. The zero-order valence-corrected chi connectivity index (χ0v) is 21.5. The van der Waals surface area contributed by atoms with Crippen LogP contribution in [-0.2, 0) is 13.0 Å². The molecule has 0 atom stereocenters. The van der Waals surface area contributed by atoms with Gasteiger partial charge in [-0.05, 0) is 65.6 Å². The summed E-state index contributed by atoms with van der Waals surface area (Å²) in [5.41, 5.74) is 3.77. The number of carbonyl (C=O) groups is 1.